The third-order valence-corrected chi connectivity index (χ3v) is 7.01. The first kappa shape index (κ1) is 25.1. The molecule has 0 aliphatic carbocycles. The molecule has 3 amide bonds. The number of carbonyl (C=O) groups excluding carboxylic acids is 3. The first-order valence-corrected chi connectivity index (χ1v) is 12.2. The van der Waals surface area contributed by atoms with E-state index in [0.29, 0.717) is 27.9 Å². The van der Waals surface area contributed by atoms with Crippen LogP contribution >= 0.6 is 23.5 Å². The number of anilines is 1. The van der Waals surface area contributed by atoms with Gasteiger partial charge in [0.05, 0.1) is 14.7 Å². The molecule has 0 saturated carbocycles. The van der Waals surface area contributed by atoms with Crippen LogP contribution in [0.25, 0.3) is 6.08 Å². The minimum absolute atomic E-state index is 0.0443. The van der Waals surface area contributed by atoms with Crippen LogP contribution in [-0.4, -0.2) is 33.4 Å². The molecule has 0 aromatic heterocycles. The Morgan fingerprint density at radius 3 is 2.47 bits per heavy atom. The highest BCUT2D eigenvalue weighted by Gasteiger charge is 2.36. The van der Waals surface area contributed by atoms with Crippen LogP contribution in [-0.2, 0) is 9.59 Å². The minimum Gasteiger partial charge on any atom is -0.325 e. The molecule has 0 unspecified atom stereocenters. The highest BCUT2D eigenvalue weighted by molar-refractivity contribution is 8.18. The number of nitrogens with zero attached hydrogens (tertiary/aromatic N) is 2. The van der Waals surface area contributed by atoms with Crippen molar-refractivity contribution in [2.75, 3.05) is 11.9 Å². The van der Waals surface area contributed by atoms with Crippen molar-refractivity contribution in [3.63, 3.8) is 0 Å². The molecule has 182 valence electrons. The average Bonchev–Trinajstić information content (AvgIpc) is 3.10. The van der Waals surface area contributed by atoms with Crippen molar-refractivity contribution in [3.05, 3.63) is 98.7 Å². The van der Waals surface area contributed by atoms with Crippen molar-refractivity contribution < 1.29 is 23.7 Å². The van der Waals surface area contributed by atoms with E-state index >= 15 is 0 Å². The number of aryl methyl sites for hydroxylation is 1. The van der Waals surface area contributed by atoms with Gasteiger partial charge in [-0.3, -0.25) is 29.4 Å². The fraction of sp³-hybridized carbons (Fsp3) is 0.0800. The topological polar surface area (TPSA) is 110 Å². The molecular formula is C25H18FN3O5S2. The zero-order valence-electron chi connectivity index (χ0n) is 18.8. The molecule has 1 aliphatic heterocycles. The van der Waals surface area contributed by atoms with Gasteiger partial charge in [0.15, 0.2) is 0 Å². The Kier molecular flexibility index (Phi) is 7.51. The van der Waals surface area contributed by atoms with Crippen molar-refractivity contribution in [1.29, 1.82) is 0 Å². The summed E-state index contributed by atoms with van der Waals surface area (Å²) in [6.07, 6.45) is 1.39. The third kappa shape index (κ3) is 5.99. The number of nitrogens with one attached hydrogen (secondary N) is 1. The average molecular weight is 524 g/mol. The van der Waals surface area contributed by atoms with Crippen LogP contribution in [0.3, 0.4) is 0 Å². The van der Waals surface area contributed by atoms with Crippen LogP contribution in [0.5, 0.6) is 0 Å². The summed E-state index contributed by atoms with van der Waals surface area (Å²) in [7, 11) is 0. The summed E-state index contributed by atoms with van der Waals surface area (Å²) in [4.78, 5) is 50.7. The predicted molar refractivity (Wildman–Crippen MR) is 136 cm³/mol. The van der Waals surface area contributed by atoms with Gasteiger partial charge in [-0.1, -0.05) is 35.5 Å². The van der Waals surface area contributed by atoms with Crippen LogP contribution in [0, 0.1) is 22.9 Å². The molecule has 1 N–H and O–H groups in total. The summed E-state index contributed by atoms with van der Waals surface area (Å²) in [6.45, 7) is 1.43. The Morgan fingerprint density at radius 1 is 1.11 bits per heavy atom. The lowest BCUT2D eigenvalue weighted by atomic mass is 10.2. The molecule has 4 rings (SSSR count). The fourth-order valence-electron chi connectivity index (χ4n) is 3.25. The van der Waals surface area contributed by atoms with Crippen LogP contribution < -0.4 is 5.32 Å². The second-order valence-corrected chi connectivity index (χ2v) is 9.83. The maximum atomic E-state index is 13.0. The maximum absolute atomic E-state index is 13.0. The highest BCUT2D eigenvalue weighted by Crippen LogP contribution is 2.37. The van der Waals surface area contributed by atoms with Crippen molar-refractivity contribution >= 4 is 58.0 Å². The first-order chi connectivity index (χ1) is 17.2. The van der Waals surface area contributed by atoms with Crippen molar-refractivity contribution in [2.24, 2.45) is 0 Å². The number of benzene rings is 3. The van der Waals surface area contributed by atoms with E-state index in [1.807, 2.05) is 31.2 Å². The monoisotopic (exact) mass is 523 g/mol. The number of nitro groups is 1. The molecule has 0 spiro atoms. The molecule has 1 saturated heterocycles. The van der Waals surface area contributed by atoms with Crippen LogP contribution in [0.2, 0.25) is 0 Å². The molecule has 1 fully saturated rings. The molecule has 0 bridgehead atoms. The Labute approximate surface area is 213 Å². The van der Waals surface area contributed by atoms with Gasteiger partial charge in [0.1, 0.15) is 12.4 Å². The van der Waals surface area contributed by atoms with Crippen LogP contribution in [0.1, 0.15) is 11.1 Å². The summed E-state index contributed by atoms with van der Waals surface area (Å²) in [5.41, 5.74) is 1.63. The highest BCUT2D eigenvalue weighted by atomic mass is 32.2. The molecule has 36 heavy (non-hydrogen) atoms. The summed E-state index contributed by atoms with van der Waals surface area (Å²) in [5.74, 6) is -1.77. The largest absolute Gasteiger partial charge is 0.325 e. The fourth-order valence-corrected chi connectivity index (χ4v) is 4.99. The Bertz CT molecular complexity index is 1390. The number of imide groups is 1. The predicted octanol–water partition coefficient (Wildman–Crippen LogP) is 5.87. The van der Waals surface area contributed by atoms with Gasteiger partial charge < -0.3 is 5.32 Å². The van der Waals surface area contributed by atoms with Gasteiger partial charge in [0, 0.05) is 16.6 Å². The number of amides is 3. The molecule has 3 aromatic carbocycles. The van der Waals surface area contributed by atoms with Crippen LogP contribution in [0.15, 0.2) is 81.4 Å². The minimum atomic E-state index is -0.681. The van der Waals surface area contributed by atoms with E-state index in [4.69, 9.17) is 0 Å². The number of thioether (sulfide) groups is 1. The standard InChI is InChI=1S/C25H18FN3O5S2/c1-15-2-9-19(10-3-15)35-21-11-4-16(12-20(21)29(33)34)13-22-24(31)28(25(32)36-22)14-23(30)27-18-7-5-17(26)6-8-18/h2-13H,14H2,1H3,(H,27,30). The second-order valence-electron chi connectivity index (χ2n) is 7.72. The zero-order chi connectivity index (χ0) is 25.8. The van der Waals surface area contributed by atoms with E-state index in [2.05, 4.69) is 5.32 Å². The molecule has 0 radical (unpaired) electrons. The first-order valence-electron chi connectivity index (χ1n) is 10.5. The van der Waals surface area contributed by atoms with Gasteiger partial charge in [0.25, 0.3) is 16.8 Å². The summed E-state index contributed by atoms with van der Waals surface area (Å²) in [6, 6.07) is 17.2. The summed E-state index contributed by atoms with van der Waals surface area (Å²) in [5, 5.41) is 13.5. The third-order valence-electron chi connectivity index (χ3n) is 5.03. The van der Waals surface area contributed by atoms with Gasteiger partial charge in [-0.05, 0) is 72.8 Å². The van der Waals surface area contributed by atoms with E-state index in [1.54, 1.807) is 12.1 Å². The number of carbonyl (C=O) groups is 3. The number of halogens is 1. The maximum Gasteiger partial charge on any atom is 0.294 e. The lowest BCUT2D eigenvalue weighted by Gasteiger charge is -2.12. The van der Waals surface area contributed by atoms with Gasteiger partial charge in [0.2, 0.25) is 5.91 Å². The van der Waals surface area contributed by atoms with Gasteiger partial charge >= 0.3 is 0 Å². The van der Waals surface area contributed by atoms with E-state index in [0.717, 1.165) is 15.4 Å². The van der Waals surface area contributed by atoms with E-state index in [-0.39, 0.29) is 10.6 Å². The van der Waals surface area contributed by atoms with E-state index in [1.165, 1.54) is 48.2 Å². The summed E-state index contributed by atoms with van der Waals surface area (Å²) >= 11 is 1.89. The van der Waals surface area contributed by atoms with Crippen molar-refractivity contribution in [2.45, 2.75) is 16.7 Å². The van der Waals surface area contributed by atoms with E-state index in [9.17, 15) is 28.9 Å². The van der Waals surface area contributed by atoms with Crippen LogP contribution in [0.4, 0.5) is 20.6 Å². The molecule has 1 heterocycles. The SMILES string of the molecule is Cc1ccc(Sc2ccc(C=C3SC(=O)N(CC(=O)Nc4ccc(F)cc4)C3=O)cc2[N+](=O)[O-])cc1. The Balaban J connectivity index is 1.49. The van der Waals surface area contributed by atoms with Crippen molar-refractivity contribution in [1.82, 2.24) is 4.90 Å². The van der Waals surface area contributed by atoms with Crippen molar-refractivity contribution in [3.8, 4) is 0 Å². The lowest BCUT2D eigenvalue weighted by molar-refractivity contribution is -0.387. The Hall–Kier alpha value is -3.96. The molecule has 8 nitrogen and oxygen atoms in total. The van der Waals surface area contributed by atoms with Gasteiger partial charge in [-0.25, -0.2) is 4.39 Å². The van der Waals surface area contributed by atoms with E-state index < -0.39 is 34.3 Å². The quantitative estimate of drug-likeness (QED) is 0.234. The number of rotatable bonds is 7. The van der Waals surface area contributed by atoms with Gasteiger partial charge in [-0.15, -0.1) is 0 Å². The Morgan fingerprint density at radius 2 is 1.81 bits per heavy atom. The smallest absolute Gasteiger partial charge is 0.294 e. The second kappa shape index (κ2) is 10.8. The van der Waals surface area contributed by atoms with Gasteiger partial charge in [-0.2, -0.15) is 0 Å². The number of hydrogen-bond donors (Lipinski definition) is 1. The molecule has 11 heteroatoms. The lowest BCUT2D eigenvalue weighted by Crippen LogP contribution is -2.36. The number of hydrogen-bond acceptors (Lipinski definition) is 7. The summed E-state index contributed by atoms with van der Waals surface area (Å²) < 4.78 is 13.0. The molecular weight excluding hydrogens is 505 g/mol. The molecule has 3 aromatic rings. The molecule has 0 atom stereocenters. The normalized spacial score (nSPS) is 14.4. The number of nitro benzene ring substituents is 1. The molecule has 1 aliphatic rings. The zero-order valence-corrected chi connectivity index (χ0v) is 20.4.